The average molecular weight is 566 g/mol. The predicted molar refractivity (Wildman–Crippen MR) is 153 cm³/mol. The van der Waals surface area contributed by atoms with E-state index in [4.69, 9.17) is 0 Å². The average Bonchev–Trinajstić information content (AvgIpc) is 2.90. The summed E-state index contributed by atoms with van der Waals surface area (Å²) in [6.45, 7) is 3.38. The largest absolute Gasteiger partial charge is 0.573 e. The third kappa shape index (κ3) is 9.39. The number of rotatable bonds is 10. The number of carbonyl (C=O) groups is 1. The molecular formula is C29H30F3N7O2. The molecule has 0 spiro atoms. The van der Waals surface area contributed by atoms with Gasteiger partial charge in [0.25, 0.3) is 0 Å². The number of aryl methyl sites for hydroxylation is 1. The van der Waals surface area contributed by atoms with Crippen molar-refractivity contribution in [1.29, 1.82) is 0 Å². The molecule has 9 nitrogen and oxygen atoms in total. The van der Waals surface area contributed by atoms with Crippen LogP contribution in [0.1, 0.15) is 16.8 Å². The first-order valence-corrected chi connectivity index (χ1v) is 12.6. The van der Waals surface area contributed by atoms with Gasteiger partial charge in [-0.3, -0.25) is 0 Å². The van der Waals surface area contributed by atoms with Crippen molar-refractivity contribution < 1.29 is 22.7 Å². The molecule has 0 saturated carbocycles. The molecule has 0 aliphatic carbocycles. The Morgan fingerprint density at radius 2 is 1.49 bits per heavy atom. The number of nitrogens with zero attached hydrogens (tertiary/aromatic N) is 3. The first-order valence-electron chi connectivity index (χ1n) is 12.6. The third-order valence-electron chi connectivity index (χ3n) is 5.77. The number of urea groups is 1. The summed E-state index contributed by atoms with van der Waals surface area (Å²) in [7, 11) is 4.07. The van der Waals surface area contributed by atoms with Crippen molar-refractivity contribution in [2.24, 2.45) is 0 Å². The summed E-state index contributed by atoms with van der Waals surface area (Å²) < 4.78 is 40.7. The number of anilines is 5. The molecule has 0 radical (unpaired) electrons. The minimum absolute atomic E-state index is 0.311. The number of halogens is 3. The highest BCUT2D eigenvalue weighted by Gasteiger charge is 2.31. The molecule has 1 heterocycles. The Labute approximate surface area is 235 Å². The zero-order valence-corrected chi connectivity index (χ0v) is 22.7. The van der Waals surface area contributed by atoms with E-state index in [2.05, 4.69) is 59.9 Å². The molecular weight excluding hydrogens is 535 g/mol. The topological polar surface area (TPSA) is 103 Å². The summed E-state index contributed by atoms with van der Waals surface area (Å²) in [5.74, 6) is 0.124. The van der Waals surface area contributed by atoms with Crippen LogP contribution in [0.5, 0.6) is 5.75 Å². The van der Waals surface area contributed by atoms with E-state index in [1.54, 1.807) is 30.5 Å². The summed E-state index contributed by atoms with van der Waals surface area (Å²) in [6.07, 6.45) is -3.08. The number of carbonyl (C=O) groups excluding carboxylic acids is 1. The van der Waals surface area contributed by atoms with E-state index in [0.717, 1.165) is 35.7 Å². The van der Waals surface area contributed by atoms with Crippen LogP contribution in [0.25, 0.3) is 0 Å². The van der Waals surface area contributed by atoms with Gasteiger partial charge in [0.05, 0.1) is 12.2 Å². The van der Waals surface area contributed by atoms with Crippen molar-refractivity contribution in [2.75, 3.05) is 35.4 Å². The highest BCUT2D eigenvalue weighted by Crippen LogP contribution is 2.24. The minimum atomic E-state index is -4.78. The Morgan fingerprint density at radius 3 is 2.12 bits per heavy atom. The Bertz CT molecular complexity index is 1460. The number of ether oxygens (including phenoxy) is 1. The van der Waals surface area contributed by atoms with Crippen LogP contribution >= 0.6 is 0 Å². The molecule has 0 aliphatic rings. The molecule has 1 aromatic heterocycles. The second-order valence-corrected chi connectivity index (χ2v) is 9.46. The van der Waals surface area contributed by atoms with Gasteiger partial charge < -0.3 is 30.9 Å². The van der Waals surface area contributed by atoms with Gasteiger partial charge in [-0.1, -0.05) is 6.07 Å². The van der Waals surface area contributed by atoms with E-state index >= 15 is 0 Å². The lowest BCUT2D eigenvalue weighted by atomic mass is 10.1. The number of aromatic nitrogens is 2. The Kier molecular flexibility index (Phi) is 9.25. The second kappa shape index (κ2) is 13.0. The van der Waals surface area contributed by atoms with Crippen LogP contribution in [0.4, 0.5) is 46.7 Å². The van der Waals surface area contributed by atoms with E-state index in [1.807, 2.05) is 26.2 Å². The van der Waals surface area contributed by atoms with Crippen LogP contribution in [-0.4, -0.2) is 41.4 Å². The first-order chi connectivity index (χ1) is 19.5. The van der Waals surface area contributed by atoms with E-state index in [9.17, 15) is 18.0 Å². The normalized spacial score (nSPS) is 11.2. The smallest absolute Gasteiger partial charge is 0.406 e. The number of benzene rings is 3. The fraction of sp³-hybridized carbons (Fsp3) is 0.207. The van der Waals surface area contributed by atoms with Crippen molar-refractivity contribution in [2.45, 2.75) is 26.4 Å². The van der Waals surface area contributed by atoms with Crippen LogP contribution < -0.4 is 26.0 Å². The van der Waals surface area contributed by atoms with Crippen LogP contribution in [0.15, 0.2) is 79.0 Å². The third-order valence-corrected chi connectivity index (χ3v) is 5.77. The molecule has 0 bridgehead atoms. The van der Waals surface area contributed by atoms with Crippen molar-refractivity contribution in [3.8, 4) is 5.75 Å². The number of hydrogen-bond acceptors (Lipinski definition) is 7. The molecule has 0 atom stereocenters. The number of alkyl halides is 3. The van der Waals surface area contributed by atoms with Crippen molar-refractivity contribution >= 4 is 34.7 Å². The van der Waals surface area contributed by atoms with Gasteiger partial charge in [0.2, 0.25) is 5.95 Å². The fourth-order valence-electron chi connectivity index (χ4n) is 3.84. The molecule has 4 N–H and O–H groups in total. The van der Waals surface area contributed by atoms with Crippen molar-refractivity contribution in [1.82, 2.24) is 14.9 Å². The van der Waals surface area contributed by atoms with E-state index in [0.29, 0.717) is 23.9 Å². The standard InChI is InChI=1S/C29H30F3N7O2/c1-19-4-5-24(16-20(19)18-39(2)3)35-27-33-15-14-25(36-27)17-34-21-6-8-22(9-7-21)37-28(40)38-23-10-12-26(13-11-23)41-29(30,31)32/h4-16,34H,17-18H2,1-3H3,(H,33,35,36)(H2,37,38,40). The molecule has 0 saturated heterocycles. The lowest BCUT2D eigenvalue weighted by molar-refractivity contribution is -0.274. The molecule has 12 heteroatoms. The van der Waals surface area contributed by atoms with Crippen LogP contribution in [0.3, 0.4) is 0 Å². The lowest BCUT2D eigenvalue weighted by Crippen LogP contribution is -2.19. The zero-order valence-electron chi connectivity index (χ0n) is 22.7. The van der Waals surface area contributed by atoms with Gasteiger partial charge in [-0.25, -0.2) is 14.8 Å². The molecule has 2 amide bonds. The monoisotopic (exact) mass is 565 g/mol. The summed E-state index contributed by atoms with van der Waals surface area (Å²) in [5.41, 5.74) is 5.81. The molecule has 3 aromatic carbocycles. The van der Waals surface area contributed by atoms with Gasteiger partial charge in [0.1, 0.15) is 5.75 Å². The second-order valence-electron chi connectivity index (χ2n) is 9.46. The quantitative estimate of drug-likeness (QED) is 0.169. The van der Waals surface area contributed by atoms with E-state index in [-0.39, 0.29) is 5.75 Å². The lowest BCUT2D eigenvalue weighted by Gasteiger charge is -2.14. The van der Waals surface area contributed by atoms with Gasteiger partial charge in [-0.15, -0.1) is 13.2 Å². The summed E-state index contributed by atoms with van der Waals surface area (Å²) in [5, 5.41) is 11.8. The first kappa shape index (κ1) is 29.2. The molecule has 0 unspecified atom stereocenters. The number of hydrogen-bond donors (Lipinski definition) is 4. The maximum Gasteiger partial charge on any atom is 0.573 e. The Hall–Kier alpha value is -4.84. The molecule has 0 aliphatic heterocycles. The van der Waals surface area contributed by atoms with Crippen LogP contribution in [0.2, 0.25) is 0 Å². The Balaban J connectivity index is 1.27. The molecule has 41 heavy (non-hydrogen) atoms. The summed E-state index contributed by atoms with van der Waals surface area (Å²) in [4.78, 5) is 23.3. The fourth-order valence-corrected chi connectivity index (χ4v) is 3.84. The van der Waals surface area contributed by atoms with Gasteiger partial charge in [-0.05, 0) is 98.9 Å². The van der Waals surface area contributed by atoms with Gasteiger partial charge in [0.15, 0.2) is 0 Å². The van der Waals surface area contributed by atoms with E-state index < -0.39 is 12.4 Å². The highest BCUT2D eigenvalue weighted by molar-refractivity contribution is 5.99. The zero-order chi connectivity index (χ0) is 29.4. The number of amides is 2. The van der Waals surface area contributed by atoms with Crippen LogP contribution in [-0.2, 0) is 13.1 Å². The van der Waals surface area contributed by atoms with Crippen LogP contribution in [0, 0.1) is 6.92 Å². The maximum absolute atomic E-state index is 12.3. The molecule has 4 rings (SSSR count). The predicted octanol–water partition coefficient (Wildman–Crippen LogP) is 6.74. The molecule has 214 valence electrons. The summed E-state index contributed by atoms with van der Waals surface area (Å²) >= 11 is 0. The minimum Gasteiger partial charge on any atom is -0.406 e. The summed E-state index contributed by atoms with van der Waals surface area (Å²) in [6, 6.07) is 19.4. The van der Waals surface area contributed by atoms with E-state index in [1.165, 1.54) is 23.3 Å². The van der Waals surface area contributed by atoms with Crippen molar-refractivity contribution in [3.05, 3.63) is 95.8 Å². The van der Waals surface area contributed by atoms with Gasteiger partial charge in [0, 0.05) is 35.5 Å². The Morgan fingerprint density at radius 1 is 0.878 bits per heavy atom. The molecule has 4 aromatic rings. The SMILES string of the molecule is Cc1ccc(Nc2nccc(CNc3ccc(NC(=O)Nc4ccc(OC(F)(F)F)cc4)cc3)n2)cc1CN(C)C. The highest BCUT2D eigenvalue weighted by atomic mass is 19.4. The van der Waals surface area contributed by atoms with Gasteiger partial charge in [-0.2, -0.15) is 0 Å². The maximum atomic E-state index is 12.3. The number of nitrogens with one attached hydrogen (secondary N) is 4. The van der Waals surface area contributed by atoms with Gasteiger partial charge >= 0.3 is 12.4 Å². The van der Waals surface area contributed by atoms with Crippen molar-refractivity contribution in [3.63, 3.8) is 0 Å². The molecule has 0 fully saturated rings.